The van der Waals surface area contributed by atoms with Crippen molar-refractivity contribution in [3.05, 3.63) is 29.8 Å². The average Bonchev–Trinajstić information content (AvgIpc) is 2.24. The van der Waals surface area contributed by atoms with Gasteiger partial charge in [-0.3, -0.25) is 0 Å². The van der Waals surface area contributed by atoms with Crippen LogP contribution in [0.15, 0.2) is 18.2 Å². The molecule has 0 saturated carbocycles. The second-order valence-electron chi connectivity index (χ2n) is 5.94. The lowest BCUT2D eigenvalue weighted by Crippen LogP contribution is -2.57. The van der Waals surface area contributed by atoms with E-state index < -0.39 is 11.6 Å². The fraction of sp³-hybridized carbons (Fsp3) is 0.600. The van der Waals surface area contributed by atoms with Gasteiger partial charge in [-0.2, -0.15) is 0 Å². The van der Waals surface area contributed by atoms with Crippen LogP contribution in [0.25, 0.3) is 0 Å². The van der Waals surface area contributed by atoms with E-state index in [0.29, 0.717) is 11.1 Å². The van der Waals surface area contributed by atoms with E-state index in [1.54, 1.807) is 0 Å². The number of halogens is 2. The Morgan fingerprint density at radius 3 is 2.11 bits per heavy atom. The van der Waals surface area contributed by atoms with Crippen LogP contribution in [-0.4, -0.2) is 26.2 Å². The molecule has 2 heterocycles. The van der Waals surface area contributed by atoms with Gasteiger partial charge in [-0.05, 0) is 50.9 Å². The van der Waals surface area contributed by atoms with Crippen molar-refractivity contribution in [2.24, 2.45) is 5.41 Å². The molecular weight excluding hydrogens is 246 g/mol. The van der Waals surface area contributed by atoms with E-state index in [1.165, 1.54) is 37.8 Å². The summed E-state index contributed by atoms with van der Waals surface area (Å²) in [7, 11) is 0. The molecule has 4 heteroatoms. The Morgan fingerprint density at radius 2 is 1.53 bits per heavy atom. The van der Waals surface area contributed by atoms with Gasteiger partial charge in [0.1, 0.15) is 11.6 Å². The van der Waals surface area contributed by atoms with Crippen LogP contribution in [0.3, 0.4) is 0 Å². The van der Waals surface area contributed by atoms with Gasteiger partial charge >= 0.3 is 0 Å². The maximum absolute atomic E-state index is 13.2. The zero-order chi connectivity index (χ0) is 13.3. The SMILES string of the molecule is Fc1cc(F)cc(N2CC3(CCCNCCC3)C2)c1. The molecule has 0 unspecified atom stereocenters. The van der Waals surface area contributed by atoms with E-state index in [9.17, 15) is 8.78 Å². The maximum Gasteiger partial charge on any atom is 0.128 e. The third kappa shape index (κ3) is 2.73. The second kappa shape index (κ2) is 5.08. The van der Waals surface area contributed by atoms with Crippen molar-refractivity contribution >= 4 is 5.69 Å². The van der Waals surface area contributed by atoms with Crippen molar-refractivity contribution in [3.63, 3.8) is 0 Å². The Kier molecular flexibility index (Phi) is 3.44. The molecule has 1 aromatic carbocycles. The molecule has 2 saturated heterocycles. The normalized spacial score (nSPS) is 22.7. The first kappa shape index (κ1) is 12.9. The first-order chi connectivity index (χ1) is 9.17. The lowest BCUT2D eigenvalue weighted by Gasteiger charge is -2.52. The highest BCUT2D eigenvalue weighted by atomic mass is 19.1. The van der Waals surface area contributed by atoms with Gasteiger partial charge in [0.2, 0.25) is 0 Å². The molecule has 0 aromatic heterocycles. The number of hydrogen-bond acceptors (Lipinski definition) is 2. The summed E-state index contributed by atoms with van der Waals surface area (Å²) in [6.45, 7) is 4.07. The smallest absolute Gasteiger partial charge is 0.128 e. The quantitative estimate of drug-likeness (QED) is 0.840. The molecule has 0 atom stereocenters. The van der Waals surface area contributed by atoms with Crippen LogP contribution in [0.1, 0.15) is 25.7 Å². The van der Waals surface area contributed by atoms with E-state index >= 15 is 0 Å². The molecule has 1 N–H and O–H groups in total. The molecular formula is C15H20F2N2. The Bertz CT molecular complexity index is 425. The van der Waals surface area contributed by atoms with Crippen LogP contribution >= 0.6 is 0 Å². The van der Waals surface area contributed by atoms with E-state index in [2.05, 4.69) is 10.2 Å². The van der Waals surface area contributed by atoms with Crippen molar-refractivity contribution in [3.8, 4) is 0 Å². The second-order valence-corrected chi connectivity index (χ2v) is 5.94. The maximum atomic E-state index is 13.2. The Labute approximate surface area is 112 Å². The summed E-state index contributed by atoms with van der Waals surface area (Å²) < 4.78 is 26.5. The standard InChI is InChI=1S/C15H20F2N2/c16-12-7-13(17)9-14(8-12)19-10-15(11-19)3-1-5-18-6-2-4-15/h7-9,18H,1-6,10-11H2. The minimum absolute atomic E-state index is 0.380. The van der Waals surface area contributed by atoms with Gasteiger partial charge < -0.3 is 10.2 Å². The first-order valence-electron chi connectivity index (χ1n) is 7.09. The summed E-state index contributed by atoms with van der Waals surface area (Å²) in [5.74, 6) is -0.976. The average molecular weight is 266 g/mol. The number of benzene rings is 1. The number of hydrogen-bond donors (Lipinski definition) is 1. The Balaban J connectivity index is 1.67. The minimum Gasteiger partial charge on any atom is -0.370 e. The predicted octanol–water partition coefficient (Wildman–Crippen LogP) is 2.93. The summed E-state index contributed by atoms with van der Waals surface area (Å²) in [6.07, 6.45) is 4.83. The molecule has 2 aliphatic heterocycles. The molecule has 0 radical (unpaired) electrons. The molecule has 0 amide bonds. The van der Waals surface area contributed by atoms with Crippen LogP contribution in [-0.2, 0) is 0 Å². The molecule has 0 aliphatic carbocycles. The number of anilines is 1. The van der Waals surface area contributed by atoms with Gasteiger partial charge in [0.05, 0.1) is 0 Å². The first-order valence-corrected chi connectivity index (χ1v) is 7.09. The molecule has 2 aliphatic rings. The number of nitrogens with zero attached hydrogens (tertiary/aromatic N) is 1. The third-order valence-electron chi connectivity index (χ3n) is 4.39. The number of rotatable bonds is 1. The molecule has 2 fully saturated rings. The van der Waals surface area contributed by atoms with Crippen molar-refractivity contribution < 1.29 is 8.78 Å². The zero-order valence-corrected chi connectivity index (χ0v) is 11.1. The van der Waals surface area contributed by atoms with E-state index in [4.69, 9.17) is 0 Å². The molecule has 2 nitrogen and oxygen atoms in total. The van der Waals surface area contributed by atoms with Crippen LogP contribution in [0.4, 0.5) is 14.5 Å². The topological polar surface area (TPSA) is 15.3 Å². The predicted molar refractivity (Wildman–Crippen MR) is 72.3 cm³/mol. The Hall–Kier alpha value is -1.16. The van der Waals surface area contributed by atoms with Crippen molar-refractivity contribution in [1.29, 1.82) is 0 Å². The third-order valence-corrected chi connectivity index (χ3v) is 4.39. The summed E-state index contributed by atoms with van der Waals surface area (Å²) in [5.41, 5.74) is 1.06. The van der Waals surface area contributed by atoms with Crippen molar-refractivity contribution in [2.45, 2.75) is 25.7 Å². The molecule has 3 rings (SSSR count). The molecule has 0 bridgehead atoms. The van der Waals surface area contributed by atoms with Crippen LogP contribution in [0.2, 0.25) is 0 Å². The summed E-state index contributed by atoms with van der Waals surface area (Å²) >= 11 is 0. The molecule has 1 aromatic rings. The molecule has 104 valence electrons. The van der Waals surface area contributed by atoms with Gasteiger partial charge in [0, 0.05) is 30.3 Å². The largest absolute Gasteiger partial charge is 0.370 e. The van der Waals surface area contributed by atoms with Gasteiger partial charge in [-0.15, -0.1) is 0 Å². The molecule has 1 spiro atoms. The number of nitrogens with one attached hydrogen (secondary N) is 1. The van der Waals surface area contributed by atoms with E-state index in [1.807, 2.05) is 0 Å². The van der Waals surface area contributed by atoms with Crippen LogP contribution < -0.4 is 10.2 Å². The van der Waals surface area contributed by atoms with E-state index in [0.717, 1.165) is 32.2 Å². The monoisotopic (exact) mass is 266 g/mol. The van der Waals surface area contributed by atoms with Crippen molar-refractivity contribution in [2.75, 3.05) is 31.1 Å². The minimum atomic E-state index is -0.488. The van der Waals surface area contributed by atoms with Gasteiger partial charge in [-0.1, -0.05) is 0 Å². The lowest BCUT2D eigenvalue weighted by molar-refractivity contribution is 0.159. The summed E-state index contributed by atoms with van der Waals surface area (Å²) in [4.78, 5) is 2.10. The summed E-state index contributed by atoms with van der Waals surface area (Å²) in [6, 6.07) is 3.79. The summed E-state index contributed by atoms with van der Waals surface area (Å²) in [5, 5.41) is 3.42. The highest BCUT2D eigenvalue weighted by Crippen LogP contribution is 2.42. The highest BCUT2D eigenvalue weighted by Gasteiger charge is 2.42. The Morgan fingerprint density at radius 1 is 0.947 bits per heavy atom. The van der Waals surface area contributed by atoms with Crippen molar-refractivity contribution in [1.82, 2.24) is 5.32 Å². The van der Waals surface area contributed by atoms with Crippen LogP contribution in [0.5, 0.6) is 0 Å². The highest BCUT2D eigenvalue weighted by molar-refractivity contribution is 5.50. The lowest BCUT2D eigenvalue weighted by atomic mass is 9.71. The van der Waals surface area contributed by atoms with E-state index in [-0.39, 0.29) is 0 Å². The van der Waals surface area contributed by atoms with Gasteiger partial charge in [0.25, 0.3) is 0 Å². The molecule has 19 heavy (non-hydrogen) atoms. The van der Waals surface area contributed by atoms with Crippen LogP contribution in [0, 0.1) is 17.0 Å². The fourth-order valence-electron chi connectivity index (χ4n) is 3.41. The van der Waals surface area contributed by atoms with Gasteiger partial charge in [0.15, 0.2) is 0 Å². The fourth-order valence-corrected chi connectivity index (χ4v) is 3.41. The zero-order valence-electron chi connectivity index (χ0n) is 11.1. The van der Waals surface area contributed by atoms with Gasteiger partial charge in [-0.25, -0.2) is 8.78 Å².